The average Bonchev–Trinajstić information content (AvgIpc) is 2.81. The molecule has 3 nitrogen and oxygen atoms in total. The number of rotatable bonds is 6. The van der Waals surface area contributed by atoms with Crippen LogP contribution in [0.4, 0.5) is 0 Å². The lowest BCUT2D eigenvalue weighted by Crippen LogP contribution is -2.35. The lowest BCUT2D eigenvalue weighted by atomic mass is 10.0. The normalized spacial score (nSPS) is 22.3. The predicted octanol–water partition coefficient (Wildman–Crippen LogP) is 3.64. The number of carbonyl (C=O) groups excluding carboxylic acids is 1. The lowest BCUT2D eigenvalue weighted by molar-refractivity contribution is -0.130. The highest BCUT2D eigenvalue weighted by molar-refractivity contribution is 5.84. The van der Waals surface area contributed by atoms with Gasteiger partial charge in [0.2, 0.25) is 5.91 Å². The number of hydrogen-bond donors (Lipinski definition) is 1. The van der Waals surface area contributed by atoms with E-state index in [0.717, 1.165) is 25.8 Å². The molecule has 1 saturated heterocycles. The van der Waals surface area contributed by atoms with Crippen molar-refractivity contribution < 1.29 is 4.79 Å². The number of carbonyl (C=O) groups is 1. The predicted molar refractivity (Wildman–Crippen MR) is 86.9 cm³/mol. The summed E-state index contributed by atoms with van der Waals surface area (Å²) in [6.07, 6.45) is 3.12. The van der Waals surface area contributed by atoms with Gasteiger partial charge in [0.1, 0.15) is 6.17 Å². The fraction of sp³-hybridized carbons (Fsp3) is 0.611. The first kappa shape index (κ1) is 16.0. The Kier molecular flexibility index (Phi) is 5.40. The third-order valence-corrected chi connectivity index (χ3v) is 4.63. The summed E-state index contributed by atoms with van der Waals surface area (Å²) in [6.45, 7) is 9.45. The van der Waals surface area contributed by atoms with Gasteiger partial charge >= 0.3 is 0 Å². The highest BCUT2D eigenvalue weighted by Crippen LogP contribution is 2.29. The zero-order valence-electron chi connectivity index (χ0n) is 13.7. The Morgan fingerprint density at radius 2 is 1.95 bits per heavy atom. The van der Waals surface area contributed by atoms with E-state index in [1.807, 2.05) is 0 Å². The first-order valence-corrected chi connectivity index (χ1v) is 8.23. The van der Waals surface area contributed by atoms with Gasteiger partial charge in [-0.25, -0.2) is 0 Å². The van der Waals surface area contributed by atoms with E-state index < -0.39 is 0 Å². The van der Waals surface area contributed by atoms with Crippen molar-refractivity contribution in [3.05, 3.63) is 35.4 Å². The fourth-order valence-corrected chi connectivity index (χ4v) is 3.11. The van der Waals surface area contributed by atoms with Gasteiger partial charge in [-0.15, -0.1) is 0 Å². The molecule has 0 saturated carbocycles. The fourth-order valence-electron chi connectivity index (χ4n) is 3.11. The van der Waals surface area contributed by atoms with Gasteiger partial charge in [0.05, 0.1) is 6.04 Å². The van der Waals surface area contributed by atoms with Crippen LogP contribution in [0.3, 0.4) is 0 Å². The highest BCUT2D eigenvalue weighted by atomic mass is 16.2. The molecule has 1 aliphatic heterocycles. The van der Waals surface area contributed by atoms with Crippen LogP contribution < -0.4 is 5.32 Å². The molecule has 3 heteroatoms. The van der Waals surface area contributed by atoms with Crippen LogP contribution in [0.5, 0.6) is 0 Å². The summed E-state index contributed by atoms with van der Waals surface area (Å²) < 4.78 is 0. The van der Waals surface area contributed by atoms with Crippen LogP contribution in [0.1, 0.15) is 57.3 Å². The molecule has 0 aromatic heterocycles. The average molecular weight is 288 g/mol. The second-order valence-electron chi connectivity index (χ2n) is 6.12. The standard InChI is InChI=1S/C18H28N2O/c1-5-14(6-2)12-20-17(19-16(7-3)18(20)21)15-10-8-9-13(4)11-15/h8-11,14,16-17,19H,5-7,12H2,1-4H3. The first-order valence-electron chi connectivity index (χ1n) is 8.23. The molecule has 0 radical (unpaired) electrons. The number of nitrogens with one attached hydrogen (secondary N) is 1. The number of nitrogens with zero attached hydrogens (tertiary/aromatic N) is 1. The molecule has 1 amide bonds. The molecule has 1 heterocycles. The van der Waals surface area contributed by atoms with Crippen LogP contribution >= 0.6 is 0 Å². The third kappa shape index (κ3) is 3.46. The molecule has 2 atom stereocenters. The second kappa shape index (κ2) is 7.08. The van der Waals surface area contributed by atoms with Crippen LogP contribution in [0.25, 0.3) is 0 Å². The molecule has 1 fully saturated rings. The van der Waals surface area contributed by atoms with Gasteiger partial charge < -0.3 is 4.90 Å². The molecular weight excluding hydrogens is 260 g/mol. The minimum absolute atomic E-state index is 0.0305. The van der Waals surface area contributed by atoms with Crippen LogP contribution in [0.15, 0.2) is 24.3 Å². The van der Waals surface area contributed by atoms with Crippen molar-refractivity contribution >= 4 is 5.91 Å². The smallest absolute Gasteiger partial charge is 0.241 e. The molecule has 2 rings (SSSR count). The Hall–Kier alpha value is -1.35. The van der Waals surface area contributed by atoms with Gasteiger partial charge in [0, 0.05) is 6.54 Å². The summed E-state index contributed by atoms with van der Waals surface area (Å²) in [6, 6.07) is 8.44. The van der Waals surface area contributed by atoms with Gasteiger partial charge in [-0.3, -0.25) is 10.1 Å². The largest absolute Gasteiger partial charge is 0.321 e. The Morgan fingerprint density at radius 3 is 2.52 bits per heavy atom. The maximum Gasteiger partial charge on any atom is 0.241 e. The van der Waals surface area contributed by atoms with E-state index in [4.69, 9.17) is 0 Å². The molecule has 0 spiro atoms. The SMILES string of the molecule is CCC(CC)CN1C(=O)C(CC)NC1c1cccc(C)c1. The van der Waals surface area contributed by atoms with Crippen LogP contribution in [0.2, 0.25) is 0 Å². The van der Waals surface area contributed by atoms with Gasteiger partial charge in [-0.1, -0.05) is 63.4 Å². The van der Waals surface area contributed by atoms with Crippen LogP contribution in [0, 0.1) is 12.8 Å². The van der Waals surface area contributed by atoms with Crippen LogP contribution in [-0.4, -0.2) is 23.4 Å². The quantitative estimate of drug-likeness (QED) is 0.866. The molecule has 116 valence electrons. The van der Waals surface area contributed by atoms with E-state index in [1.165, 1.54) is 11.1 Å². The minimum atomic E-state index is -0.0372. The summed E-state index contributed by atoms with van der Waals surface area (Å²) >= 11 is 0. The van der Waals surface area contributed by atoms with E-state index in [1.54, 1.807) is 0 Å². The summed E-state index contributed by atoms with van der Waals surface area (Å²) in [7, 11) is 0. The maximum atomic E-state index is 12.6. The maximum absolute atomic E-state index is 12.6. The van der Waals surface area contributed by atoms with Crippen molar-refractivity contribution in [3.63, 3.8) is 0 Å². The van der Waals surface area contributed by atoms with Crippen molar-refractivity contribution in [1.82, 2.24) is 10.2 Å². The number of aryl methyl sites for hydroxylation is 1. The van der Waals surface area contributed by atoms with Crippen molar-refractivity contribution in [2.45, 2.75) is 59.2 Å². The Morgan fingerprint density at radius 1 is 1.24 bits per heavy atom. The van der Waals surface area contributed by atoms with E-state index in [-0.39, 0.29) is 18.1 Å². The molecule has 1 aromatic rings. The summed E-state index contributed by atoms with van der Waals surface area (Å²) in [5, 5.41) is 3.51. The molecule has 1 N–H and O–H groups in total. The Labute approximate surface area is 128 Å². The summed E-state index contributed by atoms with van der Waals surface area (Å²) in [4.78, 5) is 14.7. The molecule has 0 aliphatic carbocycles. The topological polar surface area (TPSA) is 32.3 Å². The highest BCUT2D eigenvalue weighted by Gasteiger charge is 2.39. The Bertz CT molecular complexity index is 482. The molecule has 2 unspecified atom stereocenters. The third-order valence-electron chi connectivity index (χ3n) is 4.63. The van der Waals surface area contributed by atoms with Crippen molar-refractivity contribution in [2.24, 2.45) is 5.92 Å². The number of hydrogen-bond acceptors (Lipinski definition) is 2. The number of benzene rings is 1. The molecular formula is C18H28N2O. The summed E-state index contributed by atoms with van der Waals surface area (Å²) in [5.74, 6) is 0.842. The summed E-state index contributed by atoms with van der Waals surface area (Å²) in [5.41, 5.74) is 2.44. The van der Waals surface area contributed by atoms with Crippen molar-refractivity contribution in [3.8, 4) is 0 Å². The Balaban J connectivity index is 2.26. The minimum Gasteiger partial charge on any atom is -0.321 e. The van der Waals surface area contributed by atoms with E-state index in [0.29, 0.717) is 5.92 Å². The van der Waals surface area contributed by atoms with Crippen molar-refractivity contribution in [1.29, 1.82) is 0 Å². The van der Waals surface area contributed by atoms with E-state index in [9.17, 15) is 4.79 Å². The van der Waals surface area contributed by atoms with Gasteiger partial charge in [-0.2, -0.15) is 0 Å². The zero-order valence-corrected chi connectivity index (χ0v) is 13.7. The first-order chi connectivity index (χ1) is 10.1. The van der Waals surface area contributed by atoms with E-state index in [2.05, 4.69) is 62.2 Å². The molecule has 21 heavy (non-hydrogen) atoms. The van der Waals surface area contributed by atoms with Gasteiger partial charge in [0.25, 0.3) is 0 Å². The number of amides is 1. The molecule has 1 aromatic carbocycles. The second-order valence-corrected chi connectivity index (χ2v) is 6.12. The molecule has 1 aliphatic rings. The van der Waals surface area contributed by atoms with Gasteiger partial charge in [0.15, 0.2) is 0 Å². The van der Waals surface area contributed by atoms with Crippen molar-refractivity contribution in [2.75, 3.05) is 6.54 Å². The zero-order chi connectivity index (χ0) is 15.4. The molecule has 0 bridgehead atoms. The lowest BCUT2D eigenvalue weighted by Gasteiger charge is -2.28. The van der Waals surface area contributed by atoms with Gasteiger partial charge in [-0.05, 0) is 24.8 Å². The monoisotopic (exact) mass is 288 g/mol. The van der Waals surface area contributed by atoms with Crippen LogP contribution in [-0.2, 0) is 4.79 Å². The van der Waals surface area contributed by atoms with E-state index >= 15 is 0 Å².